The Hall–Kier alpha value is -5.47. The molecule has 0 spiro atoms. The molecule has 92 heavy (non-hydrogen) atoms. The zero-order valence-corrected chi connectivity index (χ0v) is 59.7. The van der Waals surface area contributed by atoms with E-state index in [1.54, 1.807) is 16.7 Å². The van der Waals surface area contributed by atoms with Crippen molar-refractivity contribution in [2.24, 2.45) is 116 Å². The molecular formula is C90H118N2. The number of nitrogens with zero attached hydrogens (tertiary/aromatic N) is 2. The molecule has 0 unspecified atom stereocenters. The van der Waals surface area contributed by atoms with Gasteiger partial charge < -0.3 is 4.57 Å². The van der Waals surface area contributed by atoms with Gasteiger partial charge in [0.15, 0.2) is 0 Å². The van der Waals surface area contributed by atoms with Crippen LogP contribution in [0, 0.1) is 130 Å². The second-order valence-electron chi connectivity index (χ2n) is 35.0. The summed E-state index contributed by atoms with van der Waals surface area (Å²) in [5.74, 6) is 15.3. The summed E-state index contributed by atoms with van der Waals surface area (Å²) in [6.45, 7) is 34.5. The number of imidazole rings is 1. The van der Waals surface area contributed by atoms with Gasteiger partial charge in [-0.1, -0.05) is 216 Å². The Morgan fingerprint density at radius 2 is 0.804 bits per heavy atom. The van der Waals surface area contributed by atoms with Crippen LogP contribution in [-0.4, -0.2) is 9.55 Å². The van der Waals surface area contributed by atoms with Gasteiger partial charge in [0.25, 0.3) is 0 Å². The summed E-state index contributed by atoms with van der Waals surface area (Å²) in [6, 6.07) is 52.2. The average Bonchev–Trinajstić information content (AvgIpc) is 1.82. The number of hydrogen-bond acceptors (Lipinski definition) is 1. The molecule has 20 rings (SSSR count). The maximum absolute atomic E-state index is 4.11. The molecule has 7 aromatic rings. The number of aromatic nitrogens is 2. The molecule has 0 aliphatic heterocycles. The summed E-state index contributed by atoms with van der Waals surface area (Å²) in [4.78, 5) is 4.11. The lowest BCUT2D eigenvalue weighted by atomic mass is 9.43. The fourth-order valence-corrected chi connectivity index (χ4v) is 22.0. The third-order valence-electron chi connectivity index (χ3n) is 29.4. The van der Waals surface area contributed by atoms with Crippen molar-refractivity contribution in [3.63, 3.8) is 0 Å². The van der Waals surface area contributed by atoms with E-state index in [-0.39, 0.29) is 0 Å². The predicted molar refractivity (Wildman–Crippen MR) is 390 cm³/mol. The number of fused-ring (bicyclic) bond motifs is 11. The van der Waals surface area contributed by atoms with E-state index < -0.39 is 0 Å². The first-order chi connectivity index (χ1) is 44.0. The van der Waals surface area contributed by atoms with Gasteiger partial charge in [-0.25, -0.2) is 4.98 Å². The van der Waals surface area contributed by atoms with Gasteiger partial charge in [-0.15, -0.1) is 0 Å². The lowest BCUT2D eigenvalue weighted by Crippen LogP contribution is -2.54. The quantitative estimate of drug-likeness (QED) is 0.106. The lowest BCUT2D eigenvalue weighted by Gasteiger charge is -2.62. The number of rotatable bonds is 14. The van der Waals surface area contributed by atoms with Crippen LogP contribution < -0.4 is 0 Å². The van der Waals surface area contributed by atoms with Crippen molar-refractivity contribution in [1.29, 1.82) is 0 Å². The van der Waals surface area contributed by atoms with Crippen molar-refractivity contribution in [1.82, 2.24) is 9.55 Å². The maximum Gasteiger partial charge on any atom is 0.0991 e. The molecule has 13 aliphatic carbocycles. The van der Waals surface area contributed by atoms with Crippen LogP contribution in [0.2, 0.25) is 0 Å². The summed E-state index contributed by atoms with van der Waals surface area (Å²) in [5.41, 5.74) is 21.2. The van der Waals surface area contributed by atoms with Crippen molar-refractivity contribution in [3.8, 4) is 27.9 Å². The minimum atomic E-state index is 0.613. The Labute approximate surface area is 559 Å². The third kappa shape index (κ3) is 12.8. The van der Waals surface area contributed by atoms with Crippen LogP contribution in [0.1, 0.15) is 205 Å². The summed E-state index contributed by atoms with van der Waals surface area (Å²) in [7, 11) is 0. The highest BCUT2D eigenvalue weighted by molar-refractivity contribution is 5.77. The molecule has 13 aliphatic rings. The number of hydrogen-bond donors (Lipinski definition) is 0. The fraction of sp³-hybridized carbons (Fsp3) is 0.567. The molecule has 12 fully saturated rings. The molecule has 488 valence electrons. The number of aryl methyl sites for hydroxylation is 6. The lowest BCUT2D eigenvalue weighted by molar-refractivity contribution is -0.129. The zero-order chi connectivity index (χ0) is 64.4. The first kappa shape index (κ1) is 65.2. The van der Waals surface area contributed by atoms with Crippen LogP contribution in [-0.2, 0) is 32.1 Å². The molecule has 6 aromatic carbocycles. The van der Waals surface area contributed by atoms with Crippen LogP contribution in [0.4, 0.5) is 0 Å². The molecule has 8 bridgehead atoms. The SMILES string of the molecule is C[C@@H]1[C@@H](CCc2ccc(-n3ccnc3)cc2)C[C@H]2C[C@@H]1C2(C)C.C[C@@H]1[C@@H](CCc2ccc3c(c2)Cc2ccccc2-3)C[C@H]2C[C@@H]1C2(C)C.Cc1ccc(-c2ccc(CC[C@H]3C[C@H]4C[C@@H]([C@@H]3C)C4(C)C)cc2)cc1.Cc1ccccc1CC[C@H]1C[C@H]2C[C@@H]([C@@H]1C)C2(C)C. The summed E-state index contributed by atoms with van der Waals surface area (Å²) in [6.07, 6.45) is 29.2. The Morgan fingerprint density at radius 1 is 0.402 bits per heavy atom. The normalized spacial score (nSPS) is 31.9. The van der Waals surface area contributed by atoms with Crippen molar-refractivity contribution in [2.45, 2.75) is 206 Å². The van der Waals surface area contributed by atoms with Crippen LogP contribution in [0.3, 0.4) is 0 Å². The van der Waals surface area contributed by atoms with E-state index in [2.05, 4.69) is 246 Å². The zero-order valence-electron chi connectivity index (χ0n) is 59.7. The third-order valence-corrected chi connectivity index (χ3v) is 29.4. The smallest absolute Gasteiger partial charge is 0.0991 e. The van der Waals surface area contributed by atoms with E-state index in [4.69, 9.17) is 0 Å². The number of benzene rings is 6. The monoisotopic (exact) mass is 1230 g/mol. The largest absolute Gasteiger partial charge is 0.306 e. The molecule has 0 radical (unpaired) electrons. The fourth-order valence-electron chi connectivity index (χ4n) is 22.0. The minimum Gasteiger partial charge on any atom is -0.306 e. The van der Waals surface area contributed by atoms with E-state index in [9.17, 15) is 0 Å². The van der Waals surface area contributed by atoms with Gasteiger partial charge in [-0.2, -0.15) is 0 Å². The standard InChI is InChI=1S/C25H30.C25H32.C21H28N2.C19H28/c1-16-18(14-21-15-24(16)25(21,2)3)10-8-17-9-11-23-20(12-17)13-19-6-4-5-7-22(19)23;1-17-5-10-20(11-6-17)21-12-7-19(8-13-21)9-14-22-15-23-16-24(18(22)2)25(23,3)4;1-15-17(12-18-13-20(15)21(18,2)3)7-4-16-5-8-19(9-6-16)23-11-10-22-14-23;1-13-7-5-6-8-15(13)9-10-16-11-17-12-18(14(16)2)19(17,3)4/h4-7,9,11-12,16,18,21,24H,8,10,13-15H2,1-3H3;5-8,10-13,18,22-24H,9,14-16H2,1-4H3;5-6,8-11,14-15,17-18,20H,4,7,12-13H2,1-3H3;5-8,14,16-18H,9-12H2,1-4H3/t16-,18+,21+,24+;18-,22+,23+,24+;15-,17+,18+,20+;14-,16+,17+,18+/m1111/s1. The van der Waals surface area contributed by atoms with Gasteiger partial charge in [-0.05, 0) is 313 Å². The highest BCUT2D eigenvalue weighted by atomic mass is 15.0. The molecule has 0 saturated heterocycles. The predicted octanol–water partition coefficient (Wildman–Crippen LogP) is 23.8. The Bertz CT molecular complexity index is 3590. The molecule has 0 N–H and O–H groups in total. The van der Waals surface area contributed by atoms with Crippen LogP contribution in [0.25, 0.3) is 27.9 Å². The van der Waals surface area contributed by atoms with Crippen molar-refractivity contribution < 1.29 is 0 Å². The maximum atomic E-state index is 4.11. The first-order valence-electron chi connectivity index (χ1n) is 37.5. The molecule has 0 amide bonds. The first-order valence-corrected chi connectivity index (χ1v) is 37.5. The second-order valence-corrected chi connectivity index (χ2v) is 35.0. The highest BCUT2D eigenvalue weighted by Crippen LogP contribution is 2.67. The summed E-state index contributed by atoms with van der Waals surface area (Å²) < 4.78 is 2.06. The average molecular weight is 1230 g/mol. The minimum absolute atomic E-state index is 0.613. The van der Waals surface area contributed by atoms with Crippen LogP contribution in [0.5, 0.6) is 0 Å². The van der Waals surface area contributed by atoms with Gasteiger partial charge in [0.2, 0.25) is 0 Å². The highest BCUT2D eigenvalue weighted by Gasteiger charge is 2.59. The molecule has 1 aromatic heterocycles. The van der Waals surface area contributed by atoms with E-state index in [1.165, 1.54) is 158 Å². The molecule has 1 heterocycles. The van der Waals surface area contributed by atoms with Gasteiger partial charge in [0.05, 0.1) is 6.33 Å². The van der Waals surface area contributed by atoms with E-state index in [1.807, 2.05) is 18.7 Å². The van der Waals surface area contributed by atoms with E-state index in [0.717, 1.165) is 101 Å². The molecule has 12 saturated carbocycles. The molecule has 2 nitrogen and oxygen atoms in total. The van der Waals surface area contributed by atoms with Crippen molar-refractivity contribution >= 4 is 0 Å². The molecular weight excluding hydrogens is 1110 g/mol. The van der Waals surface area contributed by atoms with Crippen LogP contribution in [0.15, 0.2) is 158 Å². The van der Waals surface area contributed by atoms with Crippen LogP contribution >= 0.6 is 0 Å². The Kier molecular flexibility index (Phi) is 18.6. The van der Waals surface area contributed by atoms with Gasteiger partial charge >= 0.3 is 0 Å². The van der Waals surface area contributed by atoms with Crippen molar-refractivity contribution in [2.75, 3.05) is 0 Å². The molecule has 2 heteroatoms. The Balaban J connectivity index is 0.000000113. The summed E-state index contributed by atoms with van der Waals surface area (Å²) >= 11 is 0. The van der Waals surface area contributed by atoms with Gasteiger partial charge in [-0.3, -0.25) is 0 Å². The van der Waals surface area contributed by atoms with E-state index in [0.29, 0.717) is 21.7 Å². The second kappa shape index (κ2) is 26.3. The summed E-state index contributed by atoms with van der Waals surface area (Å²) in [5, 5.41) is 0. The molecule has 16 atom stereocenters. The van der Waals surface area contributed by atoms with Gasteiger partial charge in [0, 0.05) is 18.1 Å². The van der Waals surface area contributed by atoms with Crippen molar-refractivity contribution in [3.05, 3.63) is 203 Å². The Morgan fingerprint density at radius 3 is 1.25 bits per heavy atom. The topological polar surface area (TPSA) is 17.8 Å². The van der Waals surface area contributed by atoms with Gasteiger partial charge in [0.1, 0.15) is 0 Å². The van der Waals surface area contributed by atoms with E-state index >= 15 is 0 Å².